The Bertz CT molecular complexity index is 445. The van der Waals surface area contributed by atoms with Crippen molar-refractivity contribution < 1.29 is 4.79 Å². The highest BCUT2D eigenvalue weighted by molar-refractivity contribution is 6.30. The van der Waals surface area contributed by atoms with Crippen molar-refractivity contribution in [1.29, 1.82) is 0 Å². The lowest BCUT2D eigenvalue weighted by Gasteiger charge is -2.22. The molecule has 1 saturated carbocycles. The standard InChI is InChI=1S/C11H12ClN3O/c12-7-5-9-11(13-6-7)15(8-1-2-8)4-3-10(16)14-9/h5-6,8H,1-4H2,(H,14,16). The second-order valence-corrected chi connectivity index (χ2v) is 4.68. The quantitative estimate of drug-likeness (QED) is 0.813. The molecule has 4 nitrogen and oxygen atoms in total. The Balaban J connectivity index is 2.04. The average molecular weight is 238 g/mol. The minimum atomic E-state index is 0.0356. The third kappa shape index (κ3) is 1.73. The highest BCUT2D eigenvalue weighted by atomic mass is 35.5. The molecule has 84 valence electrons. The van der Waals surface area contributed by atoms with Crippen LogP contribution in [0.2, 0.25) is 5.02 Å². The van der Waals surface area contributed by atoms with E-state index in [9.17, 15) is 4.79 Å². The number of nitrogens with one attached hydrogen (secondary N) is 1. The molecular weight excluding hydrogens is 226 g/mol. The van der Waals surface area contributed by atoms with Gasteiger partial charge < -0.3 is 10.2 Å². The number of hydrogen-bond donors (Lipinski definition) is 1. The van der Waals surface area contributed by atoms with Crippen LogP contribution < -0.4 is 10.2 Å². The van der Waals surface area contributed by atoms with E-state index in [0.29, 0.717) is 17.5 Å². The molecule has 1 N–H and O–H groups in total. The summed E-state index contributed by atoms with van der Waals surface area (Å²) in [6, 6.07) is 2.32. The number of hydrogen-bond acceptors (Lipinski definition) is 3. The molecule has 0 unspecified atom stereocenters. The maximum Gasteiger partial charge on any atom is 0.226 e. The molecule has 1 aromatic heterocycles. The van der Waals surface area contributed by atoms with E-state index in [-0.39, 0.29) is 5.91 Å². The van der Waals surface area contributed by atoms with Gasteiger partial charge in [-0.3, -0.25) is 4.79 Å². The van der Waals surface area contributed by atoms with E-state index in [1.807, 2.05) is 0 Å². The van der Waals surface area contributed by atoms with Crippen molar-refractivity contribution in [3.05, 3.63) is 17.3 Å². The zero-order valence-corrected chi connectivity index (χ0v) is 9.50. The molecule has 0 radical (unpaired) electrons. The first kappa shape index (κ1) is 9.90. The maximum absolute atomic E-state index is 11.5. The van der Waals surface area contributed by atoms with Gasteiger partial charge in [-0.2, -0.15) is 0 Å². The van der Waals surface area contributed by atoms with Gasteiger partial charge in [-0.05, 0) is 18.9 Å². The molecule has 0 spiro atoms. The van der Waals surface area contributed by atoms with Crippen molar-refractivity contribution in [1.82, 2.24) is 4.98 Å². The minimum Gasteiger partial charge on any atom is -0.351 e. The van der Waals surface area contributed by atoms with Gasteiger partial charge in [0.05, 0.1) is 10.7 Å². The molecule has 1 fully saturated rings. The predicted molar refractivity (Wildman–Crippen MR) is 62.9 cm³/mol. The minimum absolute atomic E-state index is 0.0356. The summed E-state index contributed by atoms with van der Waals surface area (Å²) in [6.07, 6.45) is 4.54. The molecule has 1 amide bonds. The molecule has 0 aromatic carbocycles. The van der Waals surface area contributed by atoms with Crippen molar-refractivity contribution in [3.8, 4) is 0 Å². The molecule has 0 bridgehead atoms. The van der Waals surface area contributed by atoms with Gasteiger partial charge >= 0.3 is 0 Å². The maximum atomic E-state index is 11.5. The van der Waals surface area contributed by atoms with Crippen molar-refractivity contribution in [2.45, 2.75) is 25.3 Å². The van der Waals surface area contributed by atoms with Crippen LogP contribution in [0.1, 0.15) is 19.3 Å². The molecular formula is C11H12ClN3O. The van der Waals surface area contributed by atoms with E-state index in [1.165, 1.54) is 12.8 Å². The number of anilines is 2. The van der Waals surface area contributed by atoms with Crippen molar-refractivity contribution in [3.63, 3.8) is 0 Å². The van der Waals surface area contributed by atoms with Gasteiger partial charge in [-0.25, -0.2) is 4.98 Å². The monoisotopic (exact) mass is 237 g/mol. The van der Waals surface area contributed by atoms with Crippen LogP contribution in [0.15, 0.2) is 12.3 Å². The van der Waals surface area contributed by atoms with E-state index < -0.39 is 0 Å². The van der Waals surface area contributed by atoms with Crippen LogP contribution >= 0.6 is 11.6 Å². The van der Waals surface area contributed by atoms with Crippen LogP contribution in [0.25, 0.3) is 0 Å². The molecule has 3 rings (SSSR count). The van der Waals surface area contributed by atoms with Crippen LogP contribution in [0.3, 0.4) is 0 Å². The third-order valence-corrected chi connectivity index (χ3v) is 3.15. The number of halogens is 1. The Hall–Kier alpha value is -1.29. The molecule has 0 saturated heterocycles. The van der Waals surface area contributed by atoms with Crippen LogP contribution in [0, 0.1) is 0 Å². The van der Waals surface area contributed by atoms with E-state index in [2.05, 4.69) is 15.2 Å². The van der Waals surface area contributed by atoms with Gasteiger partial charge in [-0.15, -0.1) is 0 Å². The summed E-state index contributed by atoms with van der Waals surface area (Å²) in [5, 5.41) is 3.40. The van der Waals surface area contributed by atoms with Crippen molar-refractivity contribution >= 4 is 29.0 Å². The van der Waals surface area contributed by atoms with Crippen LogP contribution in [0.4, 0.5) is 11.5 Å². The predicted octanol–water partition coefficient (Wildman–Crippen LogP) is 2.05. The van der Waals surface area contributed by atoms with Gasteiger partial charge in [-0.1, -0.05) is 11.6 Å². The number of nitrogens with zero attached hydrogens (tertiary/aromatic N) is 2. The van der Waals surface area contributed by atoms with E-state index in [4.69, 9.17) is 11.6 Å². The molecule has 16 heavy (non-hydrogen) atoms. The summed E-state index contributed by atoms with van der Waals surface area (Å²) >= 11 is 5.89. The smallest absolute Gasteiger partial charge is 0.226 e. The number of aromatic nitrogens is 1. The van der Waals surface area contributed by atoms with Crippen LogP contribution in [-0.4, -0.2) is 23.5 Å². The number of pyridine rings is 1. The van der Waals surface area contributed by atoms with Gasteiger partial charge in [0.1, 0.15) is 0 Å². The fourth-order valence-electron chi connectivity index (χ4n) is 2.04. The Morgan fingerprint density at radius 1 is 1.50 bits per heavy atom. The highest BCUT2D eigenvalue weighted by Gasteiger charge is 2.33. The fourth-order valence-corrected chi connectivity index (χ4v) is 2.19. The Morgan fingerprint density at radius 3 is 3.06 bits per heavy atom. The Labute approximate surface area is 98.6 Å². The van der Waals surface area contributed by atoms with Gasteiger partial charge in [0.25, 0.3) is 0 Å². The van der Waals surface area contributed by atoms with E-state index in [1.54, 1.807) is 12.3 Å². The molecule has 2 aliphatic rings. The van der Waals surface area contributed by atoms with Gasteiger partial charge in [0, 0.05) is 25.2 Å². The number of carbonyl (C=O) groups excluding carboxylic acids is 1. The lowest BCUT2D eigenvalue weighted by Crippen LogP contribution is -2.27. The van der Waals surface area contributed by atoms with Crippen LogP contribution in [-0.2, 0) is 4.79 Å². The lowest BCUT2D eigenvalue weighted by molar-refractivity contribution is -0.115. The number of amides is 1. The highest BCUT2D eigenvalue weighted by Crippen LogP contribution is 2.36. The summed E-state index contributed by atoms with van der Waals surface area (Å²) in [6.45, 7) is 0.748. The Kier molecular flexibility index (Phi) is 2.24. The van der Waals surface area contributed by atoms with Gasteiger partial charge in [0.2, 0.25) is 5.91 Å². The molecule has 1 aliphatic heterocycles. The van der Waals surface area contributed by atoms with Gasteiger partial charge in [0.15, 0.2) is 5.82 Å². The fraction of sp³-hybridized carbons (Fsp3) is 0.455. The molecule has 1 aliphatic carbocycles. The molecule has 1 aromatic rings. The molecule has 2 heterocycles. The first-order chi connectivity index (χ1) is 7.74. The molecule has 0 atom stereocenters. The second kappa shape index (κ2) is 3.63. The lowest BCUT2D eigenvalue weighted by atomic mass is 10.3. The molecule has 5 heteroatoms. The second-order valence-electron chi connectivity index (χ2n) is 4.25. The third-order valence-electron chi connectivity index (χ3n) is 2.95. The summed E-state index contributed by atoms with van der Waals surface area (Å²) in [5.41, 5.74) is 0.738. The average Bonchev–Trinajstić information content (AvgIpc) is 3.03. The largest absolute Gasteiger partial charge is 0.351 e. The zero-order chi connectivity index (χ0) is 11.1. The summed E-state index contributed by atoms with van der Waals surface area (Å²) in [4.78, 5) is 18.1. The summed E-state index contributed by atoms with van der Waals surface area (Å²) in [7, 11) is 0. The Morgan fingerprint density at radius 2 is 2.31 bits per heavy atom. The van der Waals surface area contributed by atoms with Crippen molar-refractivity contribution in [2.75, 3.05) is 16.8 Å². The SMILES string of the molecule is O=C1CCN(C2CC2)c2ncc(Cl)cc2N1. The normalized spacial score (nSPS) is 20.1. The van der Waals surface area contributed by atoms with E-state index in [0.717, 1.165) is 18.1 Å². The number of fused-ring (bicyclic) bond motifs is 1. The first-order valence-electron chi connectivity index (χ1n) is 5.46. The topological polar surface area (TPSA) is 45.2 Å². The van der Waals surface area contributed by atoms with Crippen LogP contribution in [0.5, 0.6) is 0 Å². The number of rotatable bonds is 1. The summed E-state index contributed by atoms with van der Waals surface area (Å²) < 4.78 is 0. The van der Waals surface area contributed by atoms with E-state index >= 15 is 0 Å². The van der Waals surface area contributed by atoms with Crippen molar-refractivity contribution in [2.24, 2.45) is 0 Å². The zero-order valence-electron chi connectivity index (χ0n) is 8.74. The summed E-state index contributed by atoms with van der Waals surface area (Å²) in [5.74, 6) is 0.895. The number of carbonyl (C=O) groups is 1. The first-order valence-corrected chi connectivity index (χ1v) is 5.84.